The highest BCUT2D eigenvalue weighted by atomic mass is 32.1. The molecule has 0 bridgehead atoms. The molecule has 4 nitrogen and oxygen atoms in total. The highest BCUT2D eigenvalue weighted by Crippen LogP contribution is 2.30. The second kappa shape index (κ2) is 5.19. The SMILES string of the molecule is COc1ccc(CN2Cc3ncsc3C2)c(OC)c1. The summed E-state index contributed by atoms with van der Waals surface area (Å²) in [7, 11) is 3.36. The Balaban J connectivity index is 1.75. The monoisotopic (exact) mass is 276 g/mol. The van der Waals surface area contributed by atoms with Gasteiger partial charge in [-0.05, 0) is 6.07 Å². The van der Waals surface area contributed by atoms with E-state index < -0.39 is 0 Å². The number of methoxy groups -OCH3 is 2. The van der Waals surface area contributed by atoms with Crippen LogP contribution in [0.3, 0.4) is 0 Å². The molecule has 0 atom stereocenters. The molecule has 1 aromatic heterocycles. The molecule has 1 aromatic carbocycles. The van der Waals surface area contributed by atoms with Crippen molar-refractivity contribution >= 4 is 11.3 Å². The van der Waals surface area contributed by atoms with E-state index in [-0.39, 0.29) is 0 Å². The number of thiazole rings is 1. The number of ether oxygens (including phenoxy) is 2. The molecule has 19 heavy (non-hydrogen) atoms. The number of aromatic nitrogens is 1. The van der Waals surface area contributed by atoms with Crippen LogP contribution in [0, 0.1) is 0 Å². The number of benzene rings is 1. The van der Waals surface area contributed by atoms with Gasteiger partial charge in [0.15, 0.2) is 0 Å². The zero-order valence-corrected chi connectivity index (χ0v) is 11.9. The van der Waals surface area contributed by atoms with Gasteiger partial charge in [-0.2, -0.15) is 0 Å². The van der Waals surface area contributed by atoms with Gasteiger partial charge in [0.2, 0.25) is 0 Å². The summed E-state index contributed by atoms with van der Waals surface area (Å²) < 4.78 is 10.7. The minimum absolute atomic E-state index is 0.822. The van der Waals surface area contributed by atoms with Gasteiger partial charge >= 0.3 is 0 Å². The fourth-order valence-electron chi connectivity index (χ4n) is 2.36. The molecule has 3 rings (SSSR count). The number of nitrogens with zero attached hydrogens (tertiary/aromatic N) is 2. The molecular weight excluding hydrogens is 260 g/mol. The minimum atomic E-state index is 0.822. The molecule has 100 valence electrons. The smallest absolute Gasteiger partial charge is 0.127 e. The van der Waals surface area contributed by atoms with Crippen LogP contribution in [-0.2, 0) is 19.6 Å². The van der Waals surface area contributed by atoms with Crippen molar-refractivity contribution in [3.8, 4) is 11.5 Å². The second-order valence-corrected chi connectivity index (χ2v) is 5.48. The Morgan fingerprint density at radius 1 is 1.26 bits per heavy atom. The summed E-state index contributed by atoms with van der Waals surface area (Å²) in [5.41, 5.74) is 4.33. The van der Waals surface area contributed by atoms with Crippen molar-refractivity contribution in [2.75, 3.05) is 14.2 Å². The van der Waals surface area contributed by atoms with Gasteiger partial charge < -0.3 is 9.47 Å². The van der Waals surface area contributed by atoms with Crippen LogP contribution in [0.1, 0.15) is 16.1 Å². The second-order valence-electron chi connectivity index (χ2n) is 4.55. The van der Waals surface area contributed by atoms with Crippen molar-refractivity contribution in [2.45, 2.75) is 19.6 Å². The third-order valence-corrected chi connectivity index (χ3v) is 4.21. The van der Waals surface area contributed by atoms with Crippen molar-refractivity contribution in [3.05, 3.63) is 39.8 Å². The maximum absolute atomic E-state index is 5.44. The van der Waals surface area contributed by atoms with E-state index in [0.717, 1.165) is 31.1 Å². The Bertz CT molecular complexity index is 562. The summed E-state index contributed by atoms with van der Waals surface area (Å²) in [6.45, 7) is 2.78. The molecule has 1 aliphatic heterocycles. The third-order valence-electron chi connectivity index (χ3n) is 3.35. The Labute approximate surface area is 116 Å². The summed E-state index contributed by atoms with van der Waals surface area (Å²) in [6.07, 6.45) is 0. The van der Waals surface area contributed by atoms with Gasteiger partial charge in [0.1, 0.15) is 11.5 Å². The number of fused-ring (bicyclic) bond motifs is 1. The summed E-state index contributed by atoms with van der Waals surface area (Å²) >= 11 is 1.74. The molecule has 1 aliphatic rings. The average Bonchev–Trinajstić information content (AvgIpc) is 3.00. The van der Waals surface area contributed by atoms with Crippen LogP contribution in [-0.4, -0.2) is 24.1 Å². The summed E-state index contributed by atoms with van der Waals surface area (Å²) in [4.78, 5) is 8.14. The zero-order chi connectivity index (χ0) is 13.2. The molecule has 0 N–H and O–H groups in total. The molecule has 2 aromatic rings. The third kappa shape index (κ3) is 2.43. The van der Waals surface area contributed by atoms with Crippen molar-refractivity contribution in [2.24, 2.45) is 0 Å². The van der Waals surface area contributed by atoms with E-state index in [1.165, 1.54) is 16.1 Å². The average molecular weight is 276 g/mol. The van der Waals surface area contributed by atoms with Gasteiger partial charge in [0.05, 0.1) is 25.4 Å². The first-order valence-electron chi connectivity index (χ1n) is 6.14. The molecular formula is C14H16N2O2S. The Kier molecular flexibility index (Phi) is 3.40. The summed E-state index contributed by atoms with van der Waals surface area (Å²) in [6, 6.07) is 5.97. The lowest BCUT2D eigenvalue weighted by Gasteiger charge is -2.17. The van der Waals surface area contributed by atoms with Crippen LogP contribution < -0.4 is 9.47 Å². The van der Waals surface area contributed by atoms with Crippen LogP contribution in [0.5, 0.6) is 11.5 Å². The lowest BCUT2D eigenvalue weighted by Crippen LogP contribution is -2.16. The maximum Gasteiger partial charge on any atom is 0.127 e. The van der Waals surface area contributed by atoms with Crippen molar-refractivity contribution in [1.82, 2.24) is 9.88 Å². The van der Waals surface area contributed by atoms with E-state index in [0.29, 0.717) is 0 Å². The number of hydrogen-bond donors (Lipinski definition) is 0. The van der Waals surface area contributed by atoms with E-state index in [1.54, 1.807) is 25.6 Å². The van der Waals surface area contributed by atoms with E-state index in [1.807, 2.05) is 17.6 Å². The van der Waals surface area contributed by atoms with Gasteiger partial charge in [-0.1, -0.05) is 6.07 Å². The molecule has 0 aliphatic carbocycles. The van der Waals surface area contributed by atoms with Gasteiger partial charge in [-0.3, -0.25) is 4.90 Å². The fourth-order valence-corrected chi connectivity index (χ4v) is 3.17. The van der Waals surface area contributed by atoms with Crippen LogP contribution in [0.25, 0.3) is 0 Å². The molecule has 0 unspecified atom stereocenters. The Morgan fingerprint density at radius 3 is 2.89 bits per heavy atom. The molecule has 0 fully saturated rings. The topological polar surface area (TPSA) is 34.6 Å². The number of rotatable bonds is 4. The minimum Gasteiger partial charge on any atom is -0.497 e. The molecule has 2 heterocycles. The predicted molar refractivity (Wildman–Crippen MR) is 74.6 cm³/mol. The van der Waals surface area contributed by atoms with Crippen LogP contribution >= 0.6 is 11.3 Å². The van der Waals surface area contributed by atoms with E-state index in [4.69, 9.17) is 9.47 Å². The zero-order valence-electron chi connectivity index (χ0n) is 11.0. The van der Waals surface area contributed by atoms with Crippen LogP contribution in [0.4, 0.5) is 0 Å². The van der Waals surface area contributed by atoms with E-state index in [9.17, 15) is 0 Å². The number of hydrogen-bond acceptors (Lipinski definition) is 5. The van der Waals surface area contributed by atoms with E-state index >= 15 is 0 Å². The lowest BCUT2D eigenvalue weighted by molar-refractivity contribution is 0.269. The molecule has 0 saturated heterocycles. The fraction of sp³-hybridized carbons (Fsp3) is 0.357. The summed E-state index contributed by atoms with van der Waals surface area (Å²) in [5, 5.41) is 0. The standard InChI is InChI=1S/C14H16N2O2S/c1-17-11-4-3-10(13(5-11)18-2)6-16-7-12-14(8-16)19-9-15-12/h3-5,9H,6-8H2,1-2H3. The van der Waals surface area contributed by atoms with Crippen LogP contribution in [0.2, 0.25) is 0 Å². The molecule has 5 heteroatoms. The molecule has 0 saturated carbocycles. The van der Waals surface area contributed by atoms with Crippen molar-refractivity contribution < 1.29 is 9.47 Å². The first-order valence-corrected chi connectivity index (χ1v) is 7.02. The van der Waals surface area contributed by atoms with Gasteiger partial charge in [-0.15, -0.1) is 11.3 Å². The lowest BCUT2D eigenvalue weighted by atomic mass is 10.2. The van der Waals surface area contributed by atoms with Crippen LogP contribution in [0.15, 0.2) is 23.7 Å². The van der Waals surface area contributed by atoms with Crippen molar-refractivity contribution in [3.63, 3.8) is 0 Å². The largest absolute Gasteiger partial charge is 0.497 e. The molecule has 0 amide bonds. The van der Waals surface area contributed by atoms with Crippen molar-refractivity contribution in [1.29, 1.82) is 0 Å². The quantitative estimate of drug-likeness (QED) is 0.860. The van der Waals surface area contributed by atoms with Gasteiger partial charge in [0, 0.05) is 36.1 Å². The van der Waals surface area contributed by atoms with E-state index in [2.05, 4.69) is 16.0 Å². The molecule has 0 spiro atoms. The summed E-state index contributed by atoms with van der Waals surface area (Å²) in [5.74, 6) is 1.70. The normalized spacial score (nSPS) is 14.4. The first-order chi connectivity index (χ1) is 9.30. The highest BCUT2D eigenvalue weighted by Gasteiger charge is 2.22. The predicted octanol–water partition coefficient (Wildman–Crippen LogP) is 2.68. The molecule has 0 radical (unpaired) electrons. The Hall–Kier alpha value is -1.59. The van der Waals surface area contributed by atoms with Gasteiger partial charge in [-0.25, -0.2) is 4.98 Å². The first kappa shape index (κ1) is 12.4. The Morgan fingerprint density at radius 2 is 2.16 bits per heavy atom. The highest BCUT2D eigenvalue weighted by molar-refractivity contribution is 7.09. The van der Waals surface area contributed by atoms with Gasteiger partial charge in [0.25, 0.3) is 0 Å². The maximum atomic E-state index is 5.44.